The normalized spacial score (nSPS) is 13.3. The first kappa shape index (κ1) is 15.8. The van der Waals surface area contributed by atoms with Gasteiger partial charge in [0.05, 0.1) is 0 Å². The molecule has 1 aliphatic rings. The maximum Gasteiger partial charge on any atom is 0.180 e. The van der Waals surface area contributed by atoms with Gasteiger partial charge < -0.3 is 5.32 Å². The van der Waals surface area contributed by atoms with E-state index in [9.17, 15) is 0 Å². The first-order valence-corrected chi connectivity index (χ1v) is 7.77. The molecule has 2 heterocycles. The molecule has 1 aromatic heterocycles. The van der Waals surface area contributed by atoms with E-state index in [-0.39, 0.29) is 0 Å². The van der Waals surface area contributed by atoms with Gasteiger partial charge in [-0.15, -0.1) is 5.10 Å². The highest BCUT2D eigenvalue weighted by atomic mass is 35.5. The lowest BCUT2D eigenvalue weighted by Crippen LogP contribution is -2.13. The molecular weight excluding hydrogens is 335 g/mol. The van der Waals surface area contributed by atoms with Crippen LogP contribution >= 0.6 is 23.2 Å². The first-order chi connectivity index (χ1) is 11.1. The Kier molecular flexibility index (Phi) is 4.54. The summed E-state index contributed by atoms with van der Waals surface area (Å²) in [6, 6.07) is 5.47. The van der Waals surface area contributed by atoms with Crippen molar-refractivity contribution >= 4 is 34.7 Å². The van der Waals surface area contributed by atoms with Crippen LogP contribution in [0.15, 0.2) is 33.6 Å². The number of anilines is 1. The predicted molar refractivity (Wildman–Crippen MR) is 91.8 cm³/mol. The molecule has 1 N–H and O–H groups in total. The lowest BCUT2D eigenvalue weighted by atomic mass is 10.0. The van der Waals surface area contributed by atoms with Gasteiger partial charge in [0, 0.05) is 34.8 Å². The molecule has 0 amide bonds. The van der Waals surface area contributed by atoms with Crippen molar-refractivity contribution < 1.29 is 0 Å². The standard InChI is InChI=1S/C15H14Cl2N6/c1-8-11(5-9-3-4-10(16)6-12(9)17)14(18-2)21-15(20-8)13-7-19-23-22-13/h3-4,6H,5,7H2,1-2H3,(H,18,20,21). The molecule has 0 unspecified atom stereocenters. The van der Waals surface area contributed by atoms with Gasteiger partial charge in [-0.25, -0.2) is 9.97 Å². The third-order valence-electron chi connectivity index (χ3n) is 3.54. The highest BCUT2D eigenvalue weighted by molar-refractivity contribution is 6.35. The maximum absolute atomic E-state index is 6.27. The molecule has 0 saturated heterocycles. The summed E-state index contributed by atoms with van der Waals surface area (Å²) in [4.78, 5) is 9.07. The van der Waals surface area contributed by atoms with Crippen molar-refractivity contribution in [3.8, 4) is 0 Å². The molecule has 0 atom stereocenters. The van der Waals surface area contributed by atoms with Crippen molar-refractivity contribution in [2.75, 3.05) is 18.9 Å². The molecule has 1 aliphatic heterocycles. The minimum Gasteiger partial charge on any atom is -0.373 e. The molecule has 6 nitrogen and oxygen atoms in total. The van der Waals surface area contributed by atoms with E-state index in [0.29, 0.717) is 34.5 Å². The number of aromatic nitrogens is 2. The summed E-state index contributed by atoms with van der Waals surface area (Å²) in [7, 11) is 1.82. The highest BCUT2D eigenvalue weighted by Gasteiger charge is 2.17. The van der Waals surface area contributed by atoms with E-state index in [1.54, 1.807) is 6.07 Å². The number of nitrogens with one attached hydrogen (secondary N) is 1. The molecule has 0 radical (unpaired) electrons. The van der Waals surface area contributed by atoms with Crippen LogP contribution < -0.4 is 5.32 Å². The van der Waals surface area contributed by atoms with E-state index in [0.717, 1.165) is 22.6 Å². The van der Waals surface area contributed by atoms with Gasteiger partial charge in [-0.1, -0.05) is 29.3 Å². The van der Waals surface area contributed by atoms with Crippen molar-refractivity contribution in [1.82, 2.24) is 9.97 Å². The molecular formula is C15H14Cl2N6. The second kappa shape index (κ2) is 6.60. The van der Waals surface area contributed by atoms with Crippen molar-refractivity contribution in [3.05, 3.63) is 50.9 Å². The maximum atomic E-state index is 6.27. The number of hydrogen-bond acceptors (Lipinski definition) is 6. The van der Waals surface area contributed by atoms with Gasteiger partial charge in [0.2, 0.25) is 0 Å². The molecule has 8 heteroatoms. The van der Waals surface area contributed by atoms with Crippen LogP contribution in [-0.2, 0) is 6.42 Å². The number of rotatable bonds is 4. The molecule has 1 aromatic carbocycles. The van der Waals surface area contributed by atoms with E-state index in [1.807, 2.05) is 26.1 Å². The van der Waals surface area contributed by atoms with Crippen LogP contribution in [0.1, 0.15) is 22.6 Å². The highest BCUT2D eigenvalue weighted by Crippen LogP contribution is 2.27. The van der Waals surface area contributed by atoms with E-state index in [4.69, 9.17) is 23.2 Å². The Labute approximate surface area is 143 Å². The number of aryl methyl sites for hydroxylation is 1. The molecule has 23 heavy (non-hydrogen) atoms. The number of benzene rings is 1. The zero-order valence-corrected chi connectivity index (χ0v) is 14.2. The number of halogens is 2. The summed E-state index contributed by atoms with van der Waals surface area (Å²) in [6.45, 7) is 2.35. The Hall–Kier alpha value is -2.05. The second-order valence-electron chi connectivity index (χ2n) is 5.06. The molecule has 3 rings (SSSR count). The van der Waals surface area contributed by atoms with Gasteiger partial charge in [-0.3, -0.25) is 0 Å². The van der Waals surface area contributed by atoms with Gasteiger partial charge in [0.25, 0.3) is 0 Å². The van der Waals surface area contributed by atoms with Gasteiger partial charge in [0.1, 0.15) is 18.1 Å². The van der Waals surface area contributed by atoms with Gasteiger partial charge >= 0.3 is 0 Å². The van der Waals surface area contributed by atoms with Crippen LogP contribution in [0.5, 0.6) is 0 Å². The van der Waals surface area contributed by atoms with E-state index >= 15 is 0 Å². The summed E-state index contributed by atoms with van der Waals surface area (Å²) in [5.74, 6) is 1.29. The van der Waals surface area contributed by atoms with Crippen molar-refractivity contribution in [2.24, 2.45) is 15.4 Å². The van der Waals surface area contributed by atoms with Crippen molar-refractivity contribution in [2.45, 2.75) is 13.3 Å². The quantitative estimate of drug-likeness (QED) is 0.910. The lowest BCUT2D eigenvalue weighted by molar-refractivity contribution is 0.997. The SMILES string of the molecule is CNc1nc(C2=NN=NC2)nc(C)c1Cc1ccc(Cl)cc1Cl. The Bertz CT molecular complexity index is 816. The third-order valence-corrected chi connectivity index (χ3v) is 4.13. The molecule has 2 aromatic rings. The fourth-order valence-electron chi connectivity index (χ4n) is 2.33. The Morgan fingerprint density at radius 2 is 2.04 bits per heavy atom. The smallest absolute Gasteiger partial charge is 0.180 e. The summed E-state index contributed by atoms with van der Waals surface area (Å²) >= 11 is 12.2. The lowest BCUT2D eigenvalue weighted by Gasteiger charge is -2.13. The summed E-state index contributed by atoms with van der Waals surface area (Å²) in [5.41, 5.74) is 3.48. The van der Waals surface area contributed by atoms with Crippen molar-refractivity contribution in [3.63, 3.8) is 0 Å². The average molecular weight is 349 g/mol. The van der Waals surface area contributed by atoms with E-state index in [2.05, 4.69) is 30.7 Å². The first-order valence-electron chi connectivity index (χ1n) is 7.01. The van der Waals surface area contributed by atoms with Crippen molar-refractivity contribution in [1.29, 1.82) is 0 Å². The number of nitrogens with zero attached hydrogens (tertiary/aromatic N) is 5. The molecule has 0 spiro atoms. The van der Waals surface area contributed by atoms with Crippen LogP contribution in [-0.4, -0.2) is 29.3 Å². The fraction of sp³-hybridized carbons (Fsp3) is 0.267. The van der Waals surface area contributed by atoms with Gasteiger partial charge in [-0.2, -0.15) is 5.11 Å². The molecule has 0 bridgehead atoms. The summed E-state index contributed by atoms with van der Waals surface area (Å²) in [5, 5.41) is 15.7. The van der Waals surface area contributed by atoms with Crippen LogP contribution in [0.2, 0.25) is 10.0 Å². The molecule has 0 aliphatic carbocycles. The summed E-state index contributed by atoms with van der Waals surface area (Å²) in [6.07, 6.45) is 0.611. The zero-order valence-electron chi connectivity index (χ0n) is 12.6. The number of hydrogen-bond donors (Lipinski definition) is 1. The fourth-order valence-corrected chi connectivity index (χ4v) is 2.81. The van der Waals surface area contributed by atoms with Gasteiger partial charge in [0.15, 0.2) is 5.82 Å². The molecule has 118 valence electrons. The van der Waals surface area contributed by atoms with Crippen LogP contribution in [0, 0.1) is 6.92 Å². The molecule has 0 fully saturated rings. The topological polar surface area (TPSA) is 74.9 Å². The van der Waals surface area contributed by atoms with Gasteiger partial charge in [-0.05, 0) is 29.8 Å². The Morgan fingerprint density at radius 3 is 2.70 bits per heavy atom. The predicted octanol–water partition coefficient (Wildman–Crippen LogP) is 3.89. The second-order valence-corrected chi connectivity index (χ2v) is 5.90. The summed E-state index contributed by atoms with van der Waals surface area (Å²) < 4.78 is 0. The average Bonchev–Trinajstić information content (AvgIpc) is 3.05. The Morgan fingerprint density at radius 1 is 1.22 bits per heavy atom. The zero-order chi connectivity index (χ0) is 16.4. The van der Waals surface area contributed by atoms with E-state index in [1.165, 1.54) is 0 Å². The third kappa shape index (κ3) is 3.33. The molecule has 0 saturated carbocycles. The monoisotopic (exact) mass is 348 g/mol. The van der Waals surface area contributed by atoms with Crippen LogP contribution in [0.4, 0.5) is 5.82 Å². The Balaban J connectivity index is 1.98. The minimum atomic E-state index is 0.408. The largest absolute Gasteiger partial charge is 0.373 e. The van der Waals surface area contributed by atoms with Crippen LogP contribution in [0.25, 0.3) is 0 Å². The van der Waals surface area contributed by atoms with Crippen LogP contribution in [0.3, 0.4) is 0 Å². The minimum absolute atomic E-state index is 0.408. The van der Waals surface area contributed by atoms with E-state index < -0.39 is 0 Å².